The van der Waals surface area contributed by atoms with Crippen LogP contribution in [0.2, 0.25) is 0 Å². The lowest BCUT2D eigenvalue weighted by Gasteiger charge is -2.17. The third-order valence-corrected chi connectivity index (χ3v) is 4.51. The second-order valence-electron chi connectivity index (χ2n) is 6.48. The van der Waals surface area contributed by atoms with E-state index in [9.17, 15) is 9.59 Å². The van der Waals surface area contributed by atoms with E-state index in [4.69, 9.17) is 9.15 Å². The minimum atomic E-state index is -0.438. The summed E-state index contributed by atoms with van der Waals surface area (Å²) in [5.41, 5.74) is 1.61. The summed E-state index contributed by atoms with van der Waals surface area (Å²) in [4.78, 5) is 30.7. The summed E-state index contributed by atoms with van der Waals surface area (Å²) in [6, 6.07) is 8.66. The number of pyridine rings is 1. The van der Waals surface area contributed by atoms with Crippen LogP contribution in [0.1, 0.15) is 28.4 Å². The molecule has 0 aromatic carbocycles. The molecule has 1 atom stereocenters. The highest BCUT2D eigenvalue weighted by molar-refractivity contribution is 5.94. The van der Waals surface area contributed by atoms with Gasteiger partial charge in [-0.1, -0.05) is 6.07 Å². The van der Waals surface area contributed by atoms with Gasteiger partial charge in [-0.3, -0.25) is 9.20 Å². The van der Waals surface area contributed by atoms with E-state index in [1.165, 1.54) is 6.07 Å². The number of fused-ring (bicyclic) bond motifs is 1. The van der Waals surface area contributed by atoms with Crippen LogP contribution in [0.5, 0.6) is 5.75 Å². The highest BCUT2D eigenvalue weighted by Gasteiger charge is 2.31. The van der Waals surface area contributed by atoms with Crippen molar-refractivity contribution in [1.29, 1.82) is 0 Å². The van der Waals surface area contributed by atoms with E-state index in [0.717, 1.165) is 5.65 Å². The predicted octanol–water partition coefficient (Wildman–Crippen LogP) is 2.20. The van der Waals surface area contributed by atoms with E-state index in [1.54, 1.807) is 17.9 Å². The molecular formula is C19H19N3O4. The average molecular weight is 353 g/mol. The summed E-state index contributed by atoms with van der Waals surface area (Å²) in [5, 5.41) is 0. The first kappa shape index (κ1) is 16.4. The predicted molar refractivity (Wildman–Crippen MR) is 94.6 cm³/mol. The van der Waals surface area contributed by atoms with E-state index < -0.39 is 5.63 Å². The highest BCUT2D eigenvalue weighted by Crippen LogP contribution is 2.21. The number of hydrogen-bond acceptors (Lipinski definition) is 5. The Morgan fingerprint density at radius 2 is 2.15 bits per heavy atom. The lowest BCUT2D eigenvalue weighted by Crippen LogP contribution is -2.32. The molecule has 26 heavy (non-hydrogen) atoms. The Kier molecular flexibility index (Phi) is 3.99. The van der Waals surface area contributed by atoms with Crippen LogP contribution in [0.4, 0.5) is 0 Å². The quantitative estimate of drug-likeness (QED) is 0.721. The molecule has 1 fully saturated rings. The number of carbonyl (C=O) groups excluding carboxylic acids is 1. The number of carbonyl (C=O) groups is 1. The maximum atomic E-state index is 13.0. The summed E-state index contributed by atoms with van der Waals surface area (Å²) >= 11 is 0. The molecule has 3 aromatic heterocycles. The smallest absolute Gasteiger partial charge is 0.339 e. The molecule has 4 heterocycles. The van der Waals surface area contributed by atoms with Gasteiger partial charge in [-0.15, -0.1) is 0 Å². The molecule has 1 aliphatic rings. The van der Waals surface area contributed by atoms with Gasteiger partial charge in [0.2, 0.25) is 0 Å². The standard InChI is InChI=1S/C19H19N3O4/c1-12-9-15(10-17(23)25-12)26-14-6-8-21(11-14)19(24)18-13(2)20-16-5-3-4-7-22(16)18/h3-5,7,9-10,14H,6,8,11H2,1-2H3. The van der Waals surface area contributed by atoms with E-state index in [2.05, 4.69) is 4.98 Å². The molecule has 7 nitrogen and oxygen atoms in total. The minimum absolute atomic E-state index is 0.0592. The van der Waals surface area contributed by atoms with Crippen LogP contribution in [0.15, 0.2) is 45.7 Å². The third kappa shape index (κ3) is 2.96. The molecular weight excluding hydrogens is 334 g/mol. The van der Waals surface area contributed by atoms with E-state index in [1.807, 2.05) is 35.7 Å². The van der Waals surface area contributed by atoms with Crippen molar-refractivity contribution in [1.82, 2.24) is 14.3 Å². The Bertz CT molecular complexity index is 1040. The van der Waals surface area contributed by atoms with Gasteiger partial charge in [0.1, 0.15) is 29.0 Å². The first-order valence-electron chi connectivity index (χ1n) is 8.52. The van der Waals surface area contributed by atoms with Gasteiger partial charge in [0.05, 0.1) is 18.3 Å². The van der Waals surface area contributed by atoms with Crippen molar-refractivity contribution in [2.75, 3.05) is 13.1 Å². The Morgan fingerprint density at radius 1 is 1.31 bits per heavy atom. The van der Waals surface area contributed by atoms with Crippen molar-refractivity contribution < 1.29 is 13.9 Å². The first-order chi connectivity index (χ1) is 12.5. The fourth-order valence-corrected chi connectivity index (χ4v) is 3.37. The van der Waals surface area contributed by atoms with Crippen molar-refractivity contribution in [3.63, 3.8) is 0 Å². The lowest BCUT2D eigenvalue weighted by molar-refractivity contribution is 0.0764. The Balaban J connectivity index is 1.52. The van der Waals surface area contributed by atoms with Gasteiger partial charge in [0.15, 0.2) is 0 Å². The topological polar surface area (TPSA) is 77.1 Å². The fourth-order valence-electron chi connectivity index (χ4n) is 3.37. The SMILES string of the molecule is Cc1cc(OC2CCN(C(=O)c3c(C)nc4ccccn34)C2)cc(=O)o1. The number of nitrogens with zero attached hydrogens (tertiary/aromatic N) is 3. The zero-order valence-electron chi connectivity index (χ0n) is 14.6. The molecule has 0 bridgehead atoms. The summed E-state index contributed by atoms with van der Waals surface area (Å²) in [5.74, 6) is 0.917. The van der Waals surface area contributed by atoms with Gasteiger partial charge >= 0.3 is 5.63 Å². The van der Waals surface area contributed by atoms with Crippen LogP contribution in [-0.4, -0.2) is 39.4 Å². The molecule has 0 saturated carbocycles. The molecule has 0 radical (unpaired) electrons. The molecule has 0 spiro atoms. The monoisotopic (exact) mass is 353 g/mol. The molecule has 1 amide bonds. The first-order valence-corrected chi connectivity index (χ1v) is 8.52. The Labute approximate surface area is 149 Å². The van der Waals surface area contributed by atoms with Crippen LogP contribution < -0.4 is 10.4 Å². The number of ether oxygens (including phenoxy) is 1. The summed E-state index contributed by atoms with van der Waals surface area (Å²) in [6.07, 6.45) is 2.40. The maximum Gasteiger partial charge on any atom is 0.339 e. The third-order valence-electron chi connectivity index (χ3n) is 4.51. The molecule has 1 saturated heterocycles. The summed E-state index contributed by atoms with van der Waals surface area (Å²) < 4.78 is 12.6. The minimum Gasteiger partial charge on any atom is -0.488 e. The normalized spacial score (nSPS) is 17.0. The van der Waals surface area contributed by atoms with E-state index in [-0.39, 0.29) is 12.0 Å². The average Bonchev–Trinajstić information content (AvgIpc) is 3.16. The highest BCUT2D eigenvalue weighted by atomic mass is 16.5. The van der Waals surface area contributed by atoms with Gasteiger partial charge in [0.25, 0.3) is 5.91 Å². The van der Waals surface area contributed by atoms with Crippen LogP contribution in [0.3, 0.4) is 0 Å². The molecule has 7 heteroatoms. The number of likely N-dealkylation sites (tertiary alicyclic amines) is 1. The zero-order chi connectivity index (χ0) is 18.3. The van der Waals surface area contributed by atoms with Crippen molar-refractivity contribution in [3.8, 4) is 5.75 Å². The molecule has 4 rings (SSSR count). The number of aromatic nitrogens is 2. The van der Waals surface area contributed by atoms with Crippen molar-refractivity contribution in [3.05, 3.63) is 64.1 Å². The zero-order valence-corrected chi connectivity index (χ0v) is 14.6. The van der Waals surface area contributed by atoms with Crippen LogP contribution in [-0.2, 0) is 0 Å². The molecule has 1 aliphatic heterocycles. The Hall–Kier alpha value is -3.09. The van der Waals surface area contributed by atoms with Gasteiger partial charge in [-0.05, 0) is 26.0 Å². The number of imidazole rings is 1. The molecule has 3 aromatic rings. The van der Waals surface area contributed by atoms with Crippen LogP contribution in [0, 0.1) is 13.8 Å². The van der Waals surface area contributed by atoms with Crippen LogP contribution >= 0.6 is 0 Å². The van der Waals surface area contributed by atoms with Crippen molar-refractivity contribution >= 4 is 11.6 Å². The molecule has 0 aliphatic carbocycles. The maximum absolute atomic E-state index is 13.0. The number of hydrogen-bond donors (Lipinski definition) is 0. The van der Waals surface area contributed by atoms with Crippen molar-refractivity contribution in [2.45, 2.75) is 26.4 Å². The van der Waals surface area contributed by atoms with Gasteiger partial charge in [-0.25, -0.2) is 9.78 Å². The largest absolute Gasteiger partial charge is 0.488 e. The molecule has 134 valence electrons. The van der Waals surface area contributed by atoms with Gasteiger partial charge in [0, 0.05) is 25.2 Å². The van der Waals surface area contributed by atoms with Gasteiger partial charge in [-0.2, -0.15) is 0 Å². The molecule has 0 N–H and O–H groups in total. The van der Waals surface area contributed by atoms with Gasteiger partial charge < -0.3 is 14.1 Å². The second-order valence-corrected chi connectivity index (χ2v) is 6.48. The lowest BCUT2D eigenvalue weighted by atomic mass is 10.3. The number of rotatable bonds is 3. The number of amides is 1. The molecule has 1 unspecified atom stereocenters. The summed E-state index contributed by atoms with van der Waals surface area (Å²) in [6.45, 7) is 4.61. The summed E-state index contributed by atoms with van der Waals surface area (Å²) in [7, 11) is 0. The van der Waals surface area contributed by atoms with E-state index >= 15 is 0 Å². The van der Waals surface area contributed by atoms with Crippen LogP contribution in [0.25, 0.3) is 5.65 Å². The Morgan fingerprint density at radius 3 is 2.96 bits per heavy atom. The van der Waals surface area contributed by atoms with E-state index in [0.29, 0.717) is 42.4 Å². The number of aryl methyl sites for hydroxylation is 2. The van der Waals surface area contributed by atoms with Crippen molar-refractivity contribution in [2.24, 2.45) is 0 Å². The fraction of sp³-hybridized carbons (Fsp3) is 0.316. The second kappa shape index (κ2) is 6.33.